The van der Waals surface area contributed by atoms with Gasteiger partial charge in [-0.05, 0) is 30.5 Å². The van der Waals surface area contributed by atoms with Crippen molar-refractivity contribution in [3.8, 4) is 0 Å². The van der Waals surface area contributed by atoms with Gasteiger partial charge in [0.05, 0.1) is 4.90 Å². The van der Waals surface area contributed by atoms with E-state index in [-0.39, 0.29) is 0 Å². The first kappa shape index (κ1) is 10.4. The lowest BCUT2D eigenvalue weighted by atomic mass is 10.1. The van der Waals surface area contributed by atoms with Gasteiger partial charge in [0.2, 0.25) is 0 Å². The van der Waals surface area contributed by atoms with E-state index in [4.69, 9.17) is 0 Å². The molecule has 15 heavy (non-hydrogen) atoms. The summed E-state index contributed by atoms with van der Waals surface area (Å²) in [6.07, 6.45) is 3.24. The predicted octanol–water partition coefficient (Wildman–Crippen LogP) is 1.67. The van der Waals surface area contributed by atoms with E-state index < -0.39 is 9.84 Å². The van der Waals surface area contributed by atoms with E-state index in [1.165, 1.54) is 6.26 Å². The summed E-state index contributed by atoms with van der Waals surface area (Å²) in [5.74, 6) is 0. The Morgan fingerprint density at radius 3 is 2.73 bits per heavy atom. The molecular weight excluding hydrogens is 210 g/mol. The fraction of sp³-hybridized carbons (Fsp3) is 0.364. The maximum atomic E-state index is 11.4. The van der Waals surface area contributed by atoms with Gasteiger partial charge >= 0.3 is 0 Å². The van der Waals surface area contributed by atoms with Crippen LogP contribution < -0.4 is 0 Å². The molecule has 0 spiro atoms. The van der Waals surface area contributed by atoms with Gasteiger partial charge in [0.25, 0.3) is 0 Å². The van der Waals surface area contributed by atoms with Gasteiger partial charge in [-0.15, -0.1) is 0 Å². The Balaban J connectivity index is 2.43. The first-order valence-corrected chi connectivity index (χ1v) is 6.80. The summed E-state index contributed by atoms with van der Waals surface area (Å²) in [6.45, 7) is 0.860. The van der Waals surface area contributed by atoms with Crippen LogP contribution in [0.1, 0.15) is 18.4 Å². The summed E-state index contributed by atoms with van der Waals surface area (Å²) >= 11 is 0. The van der Waals surface area contributed by atoms with E-state index in [0.29, 0.717) is 4.90 Å². The molecule has 1 aliphatic rings. The molecule has 80 valence electrons. The van der Waals surface area contributed by atoms with Gasteiger partial charge in [0.1, 0.15) is 0 Å². The van der Waals surface area contributed by atoms with E-state index in [1.807, 2.05) is 6.07 Å². The second-order valence-corrected chi connectivity index (χ2v) is 5.75. The molecule has 0 amide bonds. The van der Waals surface area contributed by atoms with Crippen molar-refractivity contribution in [2.45, 2.75) is 17.7 Å². The van der Waals surface area contributed by atoms with Crippen molar-refractivity contribution in [1.29, 1.82) is 0 Å². The topological polar surface area (TPSA) is 46.5 Å². The van der Waals surface area contributed by atoms with Crippen molar-refractivity contribution in [2.24, 2.45) is 4.99 Å². The minimum absolute atomic E-state index is 0.370. The maximum absolute atomic E-state index is 11.4. The third-order valence-corrected chi connectivity index (χ3v) is 3.58. The van der Waals surface area contributed by atoms with Gasteiger partial charge in [-0.1, -0.05) is 12.1 Å². The highest BCUT2D eigenvalue weighted by Gasteiger charge is 2.12. The van der Waals surface area contributed by atoms with Gasteiger partial charge in [0, 0.05) is 18.5 Å². The highest BCUT2D eigenvalue weighted by atomic mass is 32.2. The number of benzene rings is 1. The Morgan fingerprint density at radius 2 is 2.13 bits per heavy atom. The van der Waals surface area contributed by atoms with Crippen LogP contribution in [0.2, 0.25) is 0 Å². The first-order chi connectivity index (χ1) is 7.07. The van der Waals surface area contributed by atoms with Crippen LogP contribution in [-0.4, -0.2) is 26.9 Å². The number of rotatable bonds is 2. The van der Waals surface area contributed by atoms with Crippen LogP contribution in [0.3, 0.4) is 0 Å². The van der Waals surface area contributed by atoms with Crippen molar-refractivity contribution in [1.82, 2.24) is 0 Å². The third kappa shape index (κ3) is 2.26. The zero-order valence-electron chi connectivity index (χ0n) is 8.60. The van der Waals surface area contributed by atoms with Crippen LogP contribution >= 0.6 is 0 Å². The van der Waals surface area contributed by atoms with Gasteiger partial charge < -0.3 is 0 Å². The van der Waals surface area contributed by atoms with Crippen molar-refractivity contribution >= 4 is 15.5 Å². The van der Waals surface area contributed by atoms with Gasteiger partial charge in [-0.25, -0.2) is 8.42 Å². The number of aliphatic imine (C=N–C) groups is 1. The van der Waals surface area contributed by atoms with Crippen molar-refractivity contribution < 1.29 is 8.42 Å². The maximum Gasteiger partial charge on any atom is 0.175 e. The van der Waals surface area contributed by atoms with Crippen LogP contribution in [0.5, 0.6) is 0 Å². The molecule has 2 rings (SSSR count). The molecule has 0 unspecified atom stereocenters. The SMILES string of the molecule is CS(=O)(=O)c1cccc(C2=NCCC2)c1. The molecule has 1 aliphatic heterocycles. The lowest BCUT2D eigenvalue weighted by Crippen LogP contribution is -2.01. The second kappa shape index (κ2) is 3.77. The Bertz CT molecular complexity index is 503. The molecule has 4 heteroatoms. The fourth-order valence-corrected chi connectivity index (χ4v) is 2.35. The number of nitrogens with zero attached hydrogens (tertiary/aromatic N) is 1. The Kier molecular flexibility index (Phi) is 2.61. The Labute approximate surface area is 89.8 Å². The summed E-state index contributed by atoms with van der Waals surface area (Å²) in [7, 11) is -3.11. The Morgan fingerprint density at radius 1 is 1.33 bits per heavy atom. The summed E-state index contributed by atoms with van der Waals surface area (Å²) in [5, 5.41) is 0. The summed E-state index contributed by atoms with van der Waals surface area (Å²) in [6, 6.07) is 7.01. The van der Waals surface area contributed by atoms with Crippen LogP contribution in [0, 0.1) is 0 Å². The zero-order valence-corrected chi connectivity index (χ0v) is 9.42. The van der Waals surface area contributed by atoms with E-state index in [1.54, 1.807) is 18.2 Å². The predicted molar refractivity (Wildman–Crippen MR) is 60.2 cm³/mol. The summed E-state index contributed by atoms with van der Waals surface area (Å²) < 4.78 is 22.7. The van der Waals surface area contributed by atoms with Crippen LogP contribution in [0.15, 0.2) is 34.2 Å². The lowest BCUT2D eigenvalue weighted by molar-refractivity contribution is 0.602. The molecule has 0 aliphatic carbocycles. The minimum Gasteiger partial charge on any atom is -0.289 e. The second-order valence-electron chi connectivity index (χ2n) is 3.73. The summed E-state index contributed by atoms with van der Waals surface area (Å²) in [4.78, 5) is 4.72. The average molecular weight is 223 g/mol. The monoisotopic (exact) mass is 223 g/mol. The number of hydrogen-bond acceptors (Lipinski definition) is 3. The quantitative estimate of drug-likeness (QED) is 0.765. The molecule has 0 fully saturated rings. The zero-order chi connectivity index (χ0) is 10.9. The van der Waals surface area contributed by atoms with Crippen LogP contribution in [0.25, 0.3) is 0 Å². The molecule has 0 atom stereocenters. The standard InChI is InChI=1S/C11H13NO2S/c1-15(13,14)10-5-2-4-9(8-10)11-6-3-7-12-11/h2,4-5,8H,3,6-7H2,1H3. The van der Waals surface area contributed by atoms with Gasteiger partial charge in [-0.3, -0.25) is 4.99 Å². The molecule has 0 aromatic heterocycles. The molecule has 1 heterocycles. The van der Waals surface area contributed by atoms with E-state index >= 15 is 0 Å². The minimum atomic E-state index is -3.11. The number of sulfone groups is 1. The molecule has 0 saturated carbocycles. The molecule has 0 saturated heterocycles. The largest absolute Gasteiger partial charge is 0.289 e. The fourth-order valence-electron chi connectivity index (χ4n) is 1.68. The molecule has 3 nitrogen and oxygen atoms in total. The molecular formula is C11H13NO2S. The average Bonchev–Trinajstić information content (AvgIpc) is 2.69. The van der Waals surface area contributed by atoms with Gasteiger partial charge in [-0.2, -0.15) is 0 Å². The van der Waals surface area contributed by atoms with Crippen molar-refractivity contribution in [2.75, 3.05) is 12.8 Å². The highest BCUT2D eigenvalue weighted by molar-refractivity contribution is 7.90. The normalized spacial score (nSPS) is 16.5. The third-order valence-electron chi connectivity index (χ3n) is 2.47. The van der Waals surface area contributed by atoms with E-state index in [2.05, 4.69) is 4.99 Å². The molecule has 0 N–H and O–H groups in total. The lowest BCUT2D eigenvalue weighted by Gasteiger charge is -2.03. The molecule has 0 radical (unpaired) electrons. The van der Waals surface area contributed by atoms with Crippen molar-refractivity contribution in [3.63, 3.8) is 0 Å². The van der Waals surface area contributed by atoms with E-state index in [0.717, 1.165) is 30.7 Å². The van der Waals surface area contributed by atoms with Crippen LogP contribution in [0.4, 0.5) is 0 Å². The molecule has 1 aromatic carbocycles. The summed E-state index contributed by atoms with van der Waals surface area (Å²) in [5.41, 5.74) is 1.97. The Hall–Kier alpha value is -1.16. The molecule has 1 aromatic rings. The smallest absolute Gasteiger partial charge is 0.175 e. The van der Waals surface area contributed by atoms with E-state index in [9.17, 15) is 8.42 Å². The van der Waals surface area contributed by atoms with Crippen molar-refractivity contribution in [3.05, 3.63) is 29.8 Å². The number of hydrogen-bond donors (Lipinski definition) is 0. The highest BCUT2D eigenvalue weighted by Crippen LogP contribution is 2.16. The van der Waals surface area contributed by atoms with Gasteiger partial charge in [0.15, 0.2) is 9.84 Å². The van der Waals surface area contributed by atoms with Crippen LogP contribution in [-0.2, 0) is 9.84 Å². The first-order valence-electron chi connectivity index (χ1n) is 4.91. The molecule has 0 bridgehead atoms.